The van der Waals surface area contributed by atoms with Crippen molar-refractivity contribution >= 4 is 23.5 Å². The molecule has 1 aliphatic rings. The Kier molecular flexibility index (Phi) is 5.31. The monoisotopic (exact) mass is 351 g/mol. The molecule has 0 radical (unpaired) electrons. The van der Waals surface area contributed by atoms with E-state index < -0.39 is 18.0 Å². The number of anilines is 1. The molecule has 1 saturated heterocycles. The summed E-state index contributed by atoms with van der Waals surface area (Å²) >= 11 is 0. The Morgan fingerprint density at radius 2 is 1.81 bits per heavy atom. The van der Waals surface area contributed by atoms with E-state index in [1.54, 1.807) is 6.07 Å². The molecule has 26 heavy (non-hydrogen) atoms. The molecule has 1 atom stereocenters. The van der Waals surface area contributed by atoms with Crippen molar-refractivity contribution in [2.45, 2.75) is 25.8 Å². The Bertz CT molecular complexity index is 820. The zero-order valence-electron chi connectivity index (χ0n) is 14.6. The van der Waals surface area contributed by atoms with Gasteiger partial charge in [-0.25, -0.2) is 4.79 Å². The van der Waals surface area contributed by atoms with Gasteiger partial charge in [-0.15, -0.1) is 0 Å². The van der Waals surface area contributed by atoms with Crippen molar-refractivity contribution in [3.8, 4) is 0 Å². The normalized spacial score (nSPS) is 16.5. The van der Waals surface area contributed by atoms with Crippen molar-refractivity contribution in [2.24, 2.45) is 0 Å². The van der Waals surface area contributed by atoms with Gasteiger partial charge in [-0.05, 0) is 29.7 Å². The van der Waals surface area contributed by atoms with Crippen molar-refractivity contribution in [3.63, 3.8) is 0 Å². The average molecular weight is 351 g/mol. The van der Waals surface area contributed by atoms with Crippen LogP contribution in [0.2, 0.25) is 0 Å². The summed E-state index contributed by atoms with van der Waals surface area (Å²) in [6.07, 6.45) is 1.26. The summed E-state index contributed by atoms with van der Waals surface area (Å²) in [5, 5.41) is 5.38. The third-order valence-corrected chi connectivity index (χ3v) is 4.31. The van der Waals surface area contributed by atoms with E-state index in [1.165, 1.54) is 0 Å². The van der Waals surface area contributed by atoms with Crippen molar-refractivity contribution in [3.05, 3.63) is 65.7 Å². The van der Waals surface area contributed by atoms with Crippen LogP contribution in [-0.2, 0) is 22.4 Å². The molecular formula is C20H21N3O3. The molecule has 3 rings (SSSR count). The van der Waals surface area contributed by atoms with Gasteiger partial charge in [0, 0.05) is 12.1 Å². The second-order valence-electron chi connectivity index (χ2n) is 6.22. The minimum Gasteiger partial charge on any atom is -0.325 e. The number of carbonyl (C=O) groups excluding carboxylic acids is 3. The van der Waals surface area contributed by atoms with Crippen LogP contribution in [0.1, 0.15) is 18.1 Å². The number of benzene rings is 2. The Labute approximate surface area is 152 Å². The molecule has 0 spiro atoms. The van der Waals surface area contributed by atoms with E-state index in [9.17, 15) is 14.4 Å². The predicted octanol–water partition coefficient (Wildman–Crippen LogP) is 2.35. The van der Waals surface area contributed by atoms with Crippen molar-refractivity contribution in [1.29, 1.82) is 0 Å². The molecule has 2 aromatic rings. The van der Waals surface area contributed by atoms with Crippen LogP contribution in [-0.4, -0.2) is 35.3 Å². The third kappa shape index (κ3) is 4.08. The van der Waals surface area contributed by atoms with Crippen molar-refractivity contribution in [2.75, 3.05) is 11.9 Å². The average Bonchev–Trinajstić information content (AvgIpc) is 2.90. The zero-order valence-corrected chi connectivity index (χ0v) is 14.6. The number of urea groups is 1. The number of aryl methyl sites for hydroxylation is 1. The van der Waals surface area contributed by atoms with Crippen molar-refractivity contribution < 1.29 is 14.4 Å². The van der Waals surface area contributed by atoms with Gasteiger partial charge in [-0.2, -0.15) is 0 Å². The number of hydrogen-bond donors (Lipinski definition) is 2. The molecular weight excluding hydrogens is 330 g/mol. The second-order valence-corrected chi connectivity index (χ2v) is 6.22. The van der Waals surface area contributed by atoms with Gasteiger partial charge in [-0.3, -0.25) is 14.5 Å². The number of carbonyl (C=O) groups is 3. The Morgan fingerprint density at radius 1 is 1.08 bits per heavy atom. The molecule has 1 unspecified atom stereocenters. The highest BCUT2D eigenvalue weighted by atomic mass is 16.2. The smallest absolute Gasteiger partial charge is 0.325 e. The highest BCUT2D eigenvalue weighted by Crippen LogP contribution is 2.14. The molecule has 6 nitrogen and oxygen atoms in total. The Balaban J connectivity index is 1.61. The summed E-state index contributed by atoms with van der Waals surface area (Å²) in [5.74, 6) is -0.779. The molecule has 1 heterocycles. The largest absolute Gasteiger partial charge is 0.325 e. The highest BCUT2D eigenvalue weighted by Gasteiger charge is 2.38. The van der Waals surface area contributed by atoms with Gasteiger partial charge in [0.15, 0.2) is 0 Å². The first-order valence-corrected chi connectivity index (χ1v) is 8.61. The molecule has 134 valence electrons. The number of amides is 4. The molecule has 1 fully saturated rings. The summed E-state index contributed by atoms with van der Waals surface area (Å²) in [7, 11) is 0. The quantitative estimate of drug-likeness (QED) is 0.784. The lowest BCUT2D eigenvalue weighted by molar-refractivity contribution is -0.130. The molecule has 0 saturated carbocycles. The summed E-state index contributed by atoms with van der Waals surface area (Å²) in [6.45, 7) is 1.73. The van der Waals surface area contributed by atoms with Crippen molar-refractivity contribution in [1.82, 2.24) is 10.2 Å². The number of nitrogens with one attached hydrogen (secondary N) is 2. The first-order valence-electron chi connectivity index (χ1n) is 8.61. The maximum Gasteiger partial charge on any atom is 0.325 e. The fraction of sp³-hybridized carbons (Fsp3) is 0.250. The van der Waals surface area contributed by atoms with E-state index in [2.05, 4.69) is 10.6 Å². The van der Waals surface area contributed by atoms with Gasteiger partial charge < -0.3 is 10.6 Å². The first kappa shape index (κ1) is 17.7. The van der Waals surface area contributed by atoms with E-state index in [1.807, 2.05) is 55.5 Å². The van der Waals surface area contributed by atoms with Gasteiger partial charge in [0.05, 0.1) is 0 Å². The van der Waals surface area contributed by atoms with Crippen LogP contribution in [0.25, 0.3) is 0 Å². The summed E-state index contributed by atoms with van der Waals surface area (Å²) in [5.41, 5.74) is 2.71. The zero-order chi connectivity index (χ0) is 18.5. The fourth-order valence-electron chi connectivity index (χ4n) is 2.93. The number of imide groups is 1. The molecule has 2 N–H and O–H groups in total. The van der Waals surface area contributed by atoms with Gasteiger partial charge in [-0.1, -0.05) is 49.4 Å². The maximum atomic E-state index is 12.5. The number of rotatable bonds is 6. The van der Waals surface area contributed by atoms with Crippen LogP contribution in [0.5, 0.6) is 0 Å². The van der Waals surface area contributed by atoms with Crippen LogP contribution >= 0.6 is 0 Å². The van der Waals surface area contributed by atoms with Gasteiger partial charge in [0.2, 0.25) is 5.91 Å². The second kappa shape index (κ2) is 7.82. The van der Waals surface area contributed by atoms with Gasteiger partial charge in [0.25, 0.3) is 5.91 Å². The summed E-state index contributed by atoms with van der Waals surface area (Å²) in [6, 6.07) is 15.8. The van der Waals surface area contributed by atoms with E-state index in [0.29, 0.717) is 12.1 Å². The van der Waals surface area contributed by atoms with E-state index >= 15 is 0 Å². The minimum atomic E-state index is -0.638. The van der Waals surface area contributed by atoms with Crippen LogP contribution < -0.4 is 10.6 Å². The lowest BCUT2D eigenvalue weighted by atomic mass is 10.1. The highest BCUT2D eigenvalue weighted by molar-refractivity contribution is 6.08. The standard InChI is InChI=1S/C20H21N3O3/c1-2-14-9-6-10-16(11-14)21-18(24)13-23-19(25)17(22-20(23)26)12-15-7-4-3-5-8-15/h3-11,17H,2,12-13H2,1H3,(H,21,24)(H,22,26). The molecule has 2 aromatic carbocycles. The van der Waals surface area contributed by atoms with Crippen LogP contribution in [0, 0.1) is 0 Å². The fourth-order valence-corrected chi connectivity index (χ4v) is 2.93. The first-order chi connectivity index (χ1) is 12.6. The molecule has 0 aliphatic carbocycles. The van der Waals surface area contributed by atoms with Gasteiger partial charge in [0.1, 0.15) is 12.6 Å². The molecule has 0 bridgehead atoms. The molecule has 4 amide bonds. The van der Waals surface area contributed by atoms with E-state index in [-0.39, 0.29) is 12.5 Å². The lowest BCUT2D eigenvalue weighted by Gasteiger charge is -2.13. The lowest BCUT2D eigenvalue weighted by Crippen LogP contribution is -2.38. The van der Waals surface area contributed by atoms with Crippen LogP contribution in [0.4, 0.5) is 10.5 Å². The number of nitrogens with zero attached hydrogens (tertiary/aromatic N) is 1. The summed E-state index contributed by atoms with van der Waals surface area (Å²) < 4.78 is 0. The van der Waals surface area contributed by atoms with Gasteiger partial charge >= 0.3 is 6.03 Å². The van der Waals surface area contributed by atoms with E-state index in [4.69, 9.17) is 0 Å². The summed E-state index contributed by atoms with van der Waals surface area (Å²) in [4.78, 5) is 37.8. The molecule has 6 heteroatoms. The van der Waals surface area contributed by atoms with Crippen LogP contribution in [0.3, 0.4) is 0 Å². The Hall–Kier alpha value is -3.15. The minimum absolute atomic E-state index is 0.299. The SMILES string of the molecule is CCc1cccc(NC(=O)CN2C(=O)NC(Cc3ccccc3)C2=O)c1. The number of hydrogen-bond acceptors (Lipinski definition) is 3. The maximum absolute atomic E-state index is 12.5. The third-order valence-electron chi connectivity index (χ3n) is 4.31. The van der Waals surface area contributed by atoms with E-state index in [0.717, 1.165) is 22.4 Å². The topological polar surface area (TPSA) is 78.5 Å². The Morgan fingerprint density at radius 3 is 2.54 bits per heavy atom. The van der Waals surface area contributed by atoms with Crippen LogP contribution in [0.15, 0.2) is 54.6 Å². The molecule has 1 aliphatic heterocycles. The predicted molar refractivity (Wildman–Crippen MR) is 98.6 cm³/mol. The molecule has 0 aromatic heterocycles.